The molecule has 0 bridgehead atoms. The molecule has 0 fully saturated rings. The molecule has 0 saturated carbocycles. The summed E-state index contributed by atoms with van der Waals surface area (Å²) >= 11 is 1.21. The van der Waals surface area contributed by atoms with E-state index in [1.54, 1.807) is 12.3 Å². The minimum Gasteiger partial charge on any atom is -0.396 e. The lowest BCUT2D eigenvalue weighted by atomic mass is 10.3. The number of nitrogens with zero attached hydrogens (tertiary/aromatic N) is 1. The zero-order valence-electron chi connectivity index (χ0n) is 9.08. The van der Waals surface area contributed by atoms with Crippen molar-refractivity contribution in [1.29, 1.82) is 0 Å². The smallest absolute Gasteiger partial charge is 0.159 e. The lowest BCUT2D eigenvalue weighted by Gasteiger charge is -2.06. The Balaban J connectivity index is 2.31. The van der Waals surface area contributed by atoms with Gasteiger partial charge < -0.3 is 5.73 Å². The molecule has 88 valence electrons. The number of hydrogen-bond acceptors (Lipinski definition) is 3. The minimum absolute atomic E-state index is 0.558. The monoisotopic (exact) mass is 252 g/mol. The molecule has 2 rings (SSSR count). The summed E-state index contributed by atoms with van der Waals surface area (Å²) in [5, 5.41) is 0.594. The third kappa shape index (κ3) is 2.55. The molecule has 17 heavy (non-hydrogen) atoms. The number of nitrogens with two attached hydrogens (primary N) is 1. The fourth-order valence-electron chi connectivity index (χ4n) is 1.28. The normalized spacial score (nSPS) is 10.5. The van der Waals surface area contributed by atoms with Crippen molar-refractivity contribution in [2.24, 2.45) is 0 Å². The van der Waals surface area contributed by atoms with Gasteiger partial charge in [0.25, 0.3) is 0 Å². The Morgan fingerprint density at radius 2 is 1.94 bits per heavy atom. The molecule has 2 N–H and O–H groups in total. The SMILES string of the molecule is Cc1ccnc(Sc2ccc(F)c(F)c2)c1N. The number of halogens is 2. The van der Waals surface area contributed by atoms with Crippen LogP contribution in [0, 0.1) is 18.6 Å². The molecule has 1 heterocycles. The largest absolute Gasteiger partial charge is 0.396 e. The van der Waals surface area contributed by atoms with E-state index in [0.29, 0.717) is 15.6 Å². The Bertz CT molecular complexity index is 558. The van der Waals surface area contributed by atoms with Gasteiger partial charge in [0.2, 0.25) is 0 Å². The molecule has 0 radical (unpaired) electrons. The van der Waals surface area contributed by atoms with Gasteiger partial charge in [-0.3, -0.25) is 0 Å². The van der Waals surface area contributed by atoms with Gasteiger partial charge in [0, 0.05) is 11.1 Å². The molecule has 0 saturated heterocycles. The van der Waals surface area contributed by atoms with Crippen LogP contribution in [0.4, 0.5) is 14.5 Å². The molecule has 2 aromatic rings. The highest BCUT2D eigenvalue weighted by Gasteiger charge is 2.08. The maximum atomic E-state index is 13.0. The first kappa shape index (κ1) is 11.9. The van der Waals surface area contributed by atoms with Gasteiger partial charge in [0.05, 0.1) is 5.69 Å². The zero-order valence-corrected chi connectivity index (χ0v) is 9.89. The van der Waals surface area contributed by atoms with Gasteiger partial charge in [0.1, 0.15) is 5.03 Å². The highest BCUT2D eigenvalue weighted by molar-refractivity contribution is 7.99. The van der Waals surface area contributed by atoms with Gasteiger partial charge in [-0.1, -0.05) is 11.8 Å². The van der Waals surface area contributed by atoms with Crippen LogP contribution in [0.15, 0.2) is 40.4 Å². The van der Waals surface area contributed by atoms with Crippen molar-refractivity contribution in [3.63, 3.8) is 0 Å². The maximum Gasteiger partial charge on any atom is 0.159 e. The number of hydrogen-bond donors (Lipinski definition) is 1. The fourth-order valence-corrected chi connectivity index (χ4v) is 2.18. The van der Waals surface area contributed by atoms with Crippen LogP contribution < -0.4 is 5.73 Å². The van der Waals surface area contributed by atoms with Gasteiger partial charge in [-0.15, -0.1) is 0 Å². The molecule has 0 amide bonds. The summed E-state index contributed by atoms with van der Waals surface area (Å²) in [4.78, 5) is 4.67. The third-order valence-corrected chi connectivity index (χ3v) is 3.29. The number of aryl methyl sites for hydroxylation is 1. The van der Waals surface area contributed by atoms with Crippen LogP contribution in [0.2, 0.25) is 0 Å². The van der Waals surface area contributed by atoms with E-state index in [2.05, 4.69) is 4.98 Å². The van der Waals surface area contributed by atoms with E-state index >= 15 is 0 Å². The molecular weight excluding hydrogens is 242 g/mol. The third-order valence-electron chi connectivity index (χ3n) is 2.28. The van der Waals surface area contributed by atoms with E-state index in [-0.39, 0.29) is 0 Å². The predicted molar refractivity (Wildman–Crippen MR) is 63.9 cm³/mol. The fraction of sp³-hybridized carbons (Fsp3) is 0.0833. The van der Waals surface area contributed by atoms with Crippen LogP contribution in [0.3, 0.4) is 0 Å². The number of aromatic nitrogens is 1. The first-order valence-corrected chi connectivity index (χ1v) is 5.73. The second-order valence-electron chi connectivity index (χ2n) is 3.52. The van der Waals surface area contributed by atoms with Gasteiger partial charge >= 0.3 is 0 Å². The van der Waals surface area contributed by atoms with E-state index < -0.39 is 11.6 Å². The first-order chi connectivity index (χ1) is 8.08. The summed E-state index contributed by atoms with van der Waals surface area (Å²) < 4.78 is 25.8. The van der Waals surface area contributed by atoms with Crippen molar-refractivity contribution in [2.75, 3.05) is 5.73 Å². The second kappa shape index (κ2) is 4.71. The number of benzene rings is 1. The van der Waals surface area contributed by atoms with Gasteiger partial charge in [0.15, 0.2) is 11.6 Å². The topological polar surface area (TPSA) is 38.9 Å². The Hall–Kier alpha value is -1.62. The van der Waals surface area contributed by atoms with E-state index in [1.807, 2.05) is 6.92 Å². The summed E-state index contributed by atoms with van der Waals surface area (Å²) in [5.41, 5.74) is 7.31. The molecule has 1 aromatic carbocycles. The lowest BCUT2D eigenvalue weighted by Crippen LogP contribution is -1.95. The molecular formula is C12H10F2N2S. The molecule has 0 unspecified atom stereocenters. The van der Waals surface area contributed by atoms with E-state index in [1.165, 1.54) is 17.8 Å². The highest BCUT2D eigenvalue weighted by Crippen LogP contribution is 2.32. The van der Waals surface area contributed by atoms with Crippen LogP contribution in [0.5, 0.6) is 0 Å². The van der Waals surface area contributed by atoms with Crippen molar-refractivity contribution >= 4 is 17.4 Å². The number of nitrogen functional groups attached to an aromatic ring is 1. The number of anilines is 1. The average Bonchev–Trinajstić information content (AvgIpc) is 2.30. The Kier molecular flexibility index (Phi) is 3.28. The maximum absolute atomic E-state index is 13.0. The molecule has 0 aliphatic rings. The van der Waals surface area contributed by atoms with Crippen molar-refractivity contribution in [3.8, 4) is 0 Å². The van der Waals surface area contributed by atoms with Gasteiger partial charge in [-0.2, -0.15) is 0 Å². The molecule has 2 nitrogen and oxygen atoms in total. The van der Waals surface area contributed by atoms with Crippen molar-refractivity contribution in [2.45, 2.75) is 16.8 Å². The standard InChI is InChI=1S/C12H10F2N2S/c1-7-4-5-16-12(11(7)15)17-8-2-3-9(13)10(14)6-8/h2-6H,15H2,1H3. The summed E-state index contributed by atoms with van der Waals surface area (Å²) in [6, 6.07) is 5.50. The summed E-state index contributed by atoms with van der Waals surface area (Å²) in [7, 11) is 0. The molecule has 0 aliphatic carbocycles. The van der Waals surface area contributed by atoms with Crippen molar-refractivity contribution < 1.29 is 8.78 Å². The Labute approximate surface area is 102 Å². The Morgan fingerprint density at radius 1 is 1.18 bits per heavy atom. The summed E-state index contributed by atoms with van der Waals surface area (Å²) in [6.07, 6.45) is 1.63. The van der Waals surface area contributed by atoms with Gasteiger partial charge in [-0.05, 0) is 36.8 Å². The number of rotatable bonds is 2. The summed E-state index contributed by atoms with van der Waals surface area (Å²) in [5.74, 6) is -1.74. The summed E-state index contributed by atoms with van der Waals surface area (Å²) in [6.45, 7) is 1.87. The van der Waals surface area contributed by atoms with Crippen LogP contribution in [0.1, 0.15) is 5.56 Å². The molecule has 5 heteroatoms. The number of pyridine rings is 1. The van der Waals surface area contributed by atoms with Crippen molar-refractivity contribution in [3.05, 3.63) is 47.7 Å². The van der Waals surface area contributed by atoms with E-state index in [4.69, 9.17) is 5.73 Å². The highest BCUT2D eigenvalue weighted by atomic mass is 32.2. The predicted octanol–water partition coefficient (Wildman–Crippen LogP) is 3.40. The second-order valence-corrected chi connectivity index (χ2v) is 4.59. The van der Waals surface area contributed by atoms with Gasteiger partial charge in [-0.25, -0.2) is 13.8 Å². The lowest BCUT2D eigenvalue weighted by molar-refractivity contribution is 0.506. The van der Waals surface area contributed by atoms with Crippen LogP contribution in [-0.2, 0) is 0 Å². The first-order valence-electron chi connectivity index (χ1n) is 4.92. The molecule has 0 spiro atoms. The average molecular weight is 252 g/mol. The minimum atomic E-state index is -0.874. The van der Waals surface area contributed by atoms with E-state index in [0.717, 1.165) is 17.7 Å². The quantitative estimate of drug-likeness (QED) is 0.890. The molecule has 1 aromatic heterocycles. The van der Waals surface area contributed by atoms with Crippen LogP contribution >= 0.6 is 11.8 Å². The van der Waals surface area contributed by atoms with E-state index in [9.17, 15) is 8.78 Å². The van der Waals surface area contributed by atoms with Crippen LogP contribution in [0.25, 0.3) is 0 Å². The Morgan fingerprint density at radius 3 is 2.65 bits per heavy atom. The van der Waals surface area contributed by atoms with Crippen LogP contribution in [-0.4, -0.2) is 4.98 Å². The molecule has 0 atom stereocenters. The molecule has 0 aliphatic heterocycles. The zero-order chi connectivity index (χ0) is 12.4. The van der Waals surface area contributed by atoms with Crippen molar-refractivity contribution in [1.82, 2.24) is 4.98 Å².